The van der Waals surface area contributed by atoms with Crippen LogP contribution in [0.3, 0.4) is 0 Å². The molecule has 0 spiro atoms. The summed E-state index contributed by atoms with van der Waals surface area (Å²) in [5, 5.41) is 13.0. The van der Waals surface area contributed by atoms with E-state index in [4.69, 9.17) is 14.4 Å². The lowest BCUT2D eigenvalue weighted by Crippen LogP contribution is -2.34. The standard InChI is InChI=1S/C18H23N3O4/c1-24-10-8-16-19-17(25-20-16)12-21-9-2-3-15(11-21)13-4-6-14(7-5-13)18(22)23/h4-7,15H,2-3,8-12H2,1H3,(H,22,23)/t15-/m1/s1. The molecule has 2 aromatic rings. The highest BCUT2D eigenvalue weighted by Gasteiger charge is 2.23. The average Bonchev–Trinajstić information content (AvgIpc) is 3.07. The van der Waals surface area contributed by atoms with E-state index in [0.717, 1.165) is 25.9 Å². The second kappa shape index (κ2) is 8.22. The van der Waals surface area contributed by atoms with E-state index < -0.39 is 5.97 Å². The zero-order chi connectivity index (χ0) is 17.6. The molecule has 1 aliphatic heterocycles. The summed E-state index contributed by atoms with van der Waals surface area (Å²) in [4.78, 5) is 17.7. The zero-order valence-corrected chi connectivity index (χ0v) is 14.4. The van der Waals surface area contributed by atoms with Crippen LogP contribution in [0, 0.1) is 0 Å². The fourth-order valence-electron chi connectivity index (χ4n) is 3.21. The van der Waals surface area contributed by atoms with E-state index in [1.807, 2.05) is 12.1 Å². The third-order valence-corrected chi connectivity index (χ3v) is 4.53. The number of methoxy groups -OCH3 is 1. The smallest absolute Gasteiger partial charge is 0.335 e. The van der Waals surface area contributed by atoms with Gasteiger partial charge in [0.05, 0.1) is 18.7 Å². The first-order valence-electron chi connectivity index (χ1n) is 8.51. The number of nitrogens with zero attached hydrogens (tertiary/aromatic N) is 3. The first-order valence-corrected chi connectivity index (χ1v) is 8.51. The first kappa shape index (κ1) is 17.6. The van der Waals surface area contributed by atoms with Crippen LogP contribution in [0.4, 0.5) is 0 Å². The highest BCUT2D eigenvalue weighted by atomic mass is 16.5. The molecule has 7 heteroatoms. The molecule has 0 saturated carbocycles. The molecule has 134 valence electrons. The normalized spacial score (nSPS) is 18.4. The van der Waals surface area contributed by atoms with Gasteiger partial charge in [-0.15, -0.1) is 0 Å². The average molecular weight is 345 g/mol. The Labute approximate surface area is 146 Å². The van der Waals surface area contributed by atoms with Gasteiger partial charge in [0.15, 0.2) is 5.82 Å². The van der Waals surface area contributed by atoms with Gasteiger partial charge in [0.2, 0.25) is 5.89 Å². The molecule has 2 heterocycles. The number of likely N-dealkylation sites (tertiary alicyclic amines) is 1. The Bertz CT molecular complexity index is 699. The van der Waals surface area contributed by atoms with Crippen molar-refractivity contribution in [1.29, 1.82) is 0 Å². The highest BCUT2D eigenvalue weighted by molar-refractivity contribution is 5.87. The van der Waals surface area contributed by atoms with Gasteiger partial charge in [-0.2, -0.15) is 4.98 Å². The molecule has 0 unspecified atom stereocenters. The number of aromatic nitrogens is 2. The van der Waals surface area contributed by atoms with Crippen LogP contribution in [0.2, 0.25) is 0 Å². The van der Waals surface area contributed by atoms with Crippen LogP contribution in [0.25, 0.3) is 0 Å². The van der Waals surface area contributed by atoms with Crippen molar-refractivity contribution in [2.24, 2.45) is 0 Å². The maximum atomic E-state index is 11.0. The number of hydrogen-bond donors (Lipinski definition) is 1. The van der Waals surface area contributed by atoms with E-state index >= 15 is 0 Å². The van der Waals surface area contributed by atoms with Gasteiger partial charge in [0, 0.05) is 20.1 Å². The van der Waals surface area contributed by atoms with Crippen LogP contribution in [0.5, 0.6) is 0 Å². The summed E-state index contributed by atoms with van der Waals surface area (Å²) in [6, 6.07) is 7.20. The second-order valence-corrected chi connectivity index (χ2v) is 6.35. The van der Waals surface area contributed by atoms with Gasteiger partial charge in [-0.05, 0) is 43.0 Å². The summed E-state index contributed by atoms with van der Waals surface area (Å²) in [5.41, 5.74) is 1.51. The molecule has 1 atom stereocenters. The van der Waals surface area contributed by atoms with Gasteiger partial charge in [0.25, 0.3) is 0 Å². The van der Waals surface area contributed by atoms with Crippen molar-refractivity contribution in [2.45, 2.75) is 31.7 Å². The highest BCUT2D eigenvalue weighted by Crippen LogP contribution is 2.27. The molecule has 1 N–H and O–H groups in total. The van der Waals surface area contributed by atoms with E-state index in [2.05, 4.69) is 15.0 Å². The number of carboxylic acids is 1. The van der Waals surface area contributed by atoms with E-state index in [9.17, 15) is 4.79 Å². The van der Waals surface area contributed by atoms with Gasteiger partial charge in [-0.1, -0.05) is 17.3 Å². The van der Waals surface area contributed by atoms with E-state index in [1.165, 1.54) is 5.56 Å². The molecule has 0 radical (unpaired) electrons. The van der Waals surface area contributed by atoms with Crippen molar-refractivity contribution in [3.8, 4) is 0 Å². The summed E-state index contributed by atoms with van der Waals surface area (Å²) in [6.07, 6.45) is 2.85. The summed E-state index contributed by atoms with van der Waals surface area (Å²) in [5.74, 6) is 0.813. The number of carbonyl (C=O) groups is 1. The molecular weight excluding hydrogens is 322 g/mol. The van der Waals surface area contributed by atoms with Crippen molar-refractivity contribution >= 4 is 5.97 Å². The molecule has 0 amide bonds. The molecular formula is C18H23N3O4. The van der Waals surface area contributed by atoms with Gasteiger partial charge in [-0.25, -0.2) is 4.79 Å². The minimum atomic E-state index is -0.891. The Morgan fingerprint density at radius 2 is 2.20 bits per heavy atom. The van der Waals surface area contributed by atoms with Gasteiger partial charge in [-0.3, -0.25) is 4.90 Å². The number of piperidine rings is 1. The summed E-state index contributed by atoms with van der Waals surface area (Å²) < 4.78 is 10.3. The van der Waals surface area contributed by atoms with Crippen molar-refractivity contribution in [2.75, 3.05) is 26.8 Å². The lowest BCUT2D eigenvalue weighted by atomic mass is 9.90. The number of carboxylic acid groups (broad SMARTS) is 1. The third-order valence-electron chi connectivity index (χ3n) is 4.53. The summed E-state index contributed by atoms with van der Waals surface area (Å²) in [7, 11) is 1.65. The second-order valence-electron chi connectivity index (χ2n) is 6.35. The van der Waals surface area contributed by atoms with Crippen molar-refractivity contribution in [1.82, 2.24) is 15.0 Å². The zero-order valence-electron chi connectivity index (χ0n) is 14.4. The number of rotatable bonds is 7. The SMILES string of the molecule is COCCc1noc(CN2CCC[C@@H](c3ccc(C(=O)O)cc3)C2)n1. The molecule has 1 fully saturated rings. The molecule has 1 aromatic heterocycles. The quantitative estimate of drug-likeness (QED) is 0.824. The van der Waals surface area contributed by atoms with Crippen LogP contribution in [-0.2, 0) is 17.7 Å². The Kier molecular flexibility index (Phi) is 5.78. The topological polar surface area (TPSA) is 88.7 Å². The maximum absolute atomic E-state index is 11.0. The van der Waals surface area contributed by atoms with Crippen molar-refractivity contribution < 1.29 is 19.2 Å². The number of ether oxygens (including phenoxy) is 1. The first-order chi connectivity index (χ1) is 12.2. The van der Waals surface area contributed by atoms with E-state index in [-0.39, 0.29) is 0 Å². The Hall–Kier alpha value is -2.25. The van der Waals surface area contributed by atoms with Crippen LogP contribution < -0.4 is 0 Å². The number of hydrogen-bond acceptors (Lipinski definition) is 6. The van der Waals surface area contributed by atoms with Crippen molar-refractivity contribution in [3.63, 3.8) is 0 Å². The molecule has 0 bridgehead atoms. The fourth-order valence-corrected chi connectivity index (χ4v) is 3.21. The van der Waals surface area contributed by atoms with Crippen LogP contribution in [0.15, 0.2) is 28.8 Å². The molecule has 7 nitrogen and oxygen atoms in total. The Morgan fingerprint density at radius 1 is 1.40 bits per heavy atom. The molecule has 1 aliphatic rings. The number of aromatic carboxylic acids is 1. The summed E-state index contributed by atoms with van der Waals surface area (Å²) >= 11 is 0. The molecule has 25 heavy (non-hydrogen) atoms. The molecule has 3 rings (SSSR count). The van der Waals surface area contributed by atoms with Gasteiger partial charge >= 0.3 is 5.97 Å². The molecule has 0 aliphatic carbocycles. The van der Waals surface area contributed by atoms with Crippen molar-refractivity contribution in [3.05, 3.63) is 47.1 Å². The van der Waals surface area contributed by atoms with Gasteiger partial charge < -0.3 is 14.4 Å². The van der Waals surface area contributed by atoms with E-state index in [0.29, 0.717) is 42.8 Å². The van der Waals surface area contributed by atoms with Crippen LogP contribution >= 0.6 is 0 Å². The number of benzene rings is 1. The maximum Gasteiger partial charge on any atom is 0.335 e. The van der Waals surface area contributed by atoms with Crippen LogP contribution in [-0.4, -0.2) is 52.9 Å². The predicted molar refractivity (Wildman–Crippen MR) is 90.5 cm³/mol. The lowest BCUT2D eigenvalue weighted by molar-refractivity contribution is 0.0697. The largest absolute Gasteiger partial charge is 0.478 e. The van der Waals surface area contributed by atoms with Crippen LogP contribution in [0.1, 0.15) is 46.4 Å². The Balaban J connectivity index is 1.59. The molecule has 1 aromatic carbocycles. The minimum Gasteiger partial charge on any atom is -0.478 e. The fraction of sp³-hybridized carbons (Fsp3) is 0.500. The third kappa shape index (κ3) is 4.64. The minimum absolute atomic E-state index is 0.325. The lowest BCUT2D eigenvalue weighted by Gasteiger charge is -2.32. The predicted octanol–water partition coefficient (Wildman–Crippen LogP) is 2.34. The van der Waals surface area contributed by atoms with Gasteiger partial charge in [0.1, 0.15) is 0 Å². The Morgan fingerprint density at radius 3 is 2.92 bits per heavy atom. The molecule has 1 saturated heterocycles. The monoisotopic (exact) mass is 345 g/mol. The van der Waals surface area contributed by atoms with E-state index in [1.54, 1.807) is 19.2 Å². The summed E-state index contributed by atoms with van der Waals surface area (Å²) in [6.45, 7) is 3.13.